The molecule has 0 saturated heterocycles. The Hall–Kier alpha value is -1.35. The van der Waals surface area contributed by atoms with Crippen LogP contribution in [0.4, 0.5) is 0 Å². The summed E-state index contributed by atoms with van der Waals surface area (Å²) in [7, 11) is 0. The summed E-state index contributed by atoms with van der Waals surface area (Å²) in [4.78, 5) is 2.47. The predicted octanol–water partition coefficient (Wildman–Crippen LogP) is 5.56. The lowest BCUT2D eigenvalue weighted by molar-refractivity contribution is -0.597. The molecule has 0 bridgehead atoms. The van der Waals surface area contributed by atoms with Crippen molar-refractivity contribution in [2.45, 2.75) is 97.2 Å². The lowest BCUT2D eigenvalue weighted by atomic mass is 10.1. The fourth-order valence-corrected chi connectivity index (χ4v) is 4.12. The molecule has 0 radical (unpaired) electrons. The van der Waals surface area contributed by atoms with E-state index in [1.165, 1.54) is 75.6 Å². The lowest BCUT2D eigenvalue weighted by Crippen LogP contribution is -2.31. The number of aliphatic hydroxyl groups excluding tert-OH is 1. The third-order valence-electron chi connectivity index (χ3n) is 5.73. The number of aliphatic hydroxyl groups is 1. The topological polar surface area (TPSA) is 26.5 Å². The summed E-state index contributed by atoms with van der Waals surface area (Å²) in [6.07, 6.45) is 14.4. The van der Waals surface area contributed by atoms with E-state index in [0.717, 1.165) is 26.1 Å². The van der Waals surface area contributed by atoms with Gasteiger partial charge in [-0.05, 0) is 12.0 Å². The summed E-state index contributed by atoms with van der Waals surface area (Å²) in [5.41, 5.74) is 1.35. The van der Waals surface area contributed by atoms with Gasteiger partial charge in [0.1, 0.15) is 19.6 Å². The van der Waals surface area contributed by atoms with Crippen molar-refractivity contribution in [3.63, 3.8) is 0 Å². The van der Waals surface area contributed by atoms with E-state index in [4.69, 9.17) is 0 Å². The molecule has 152 valence electrons. The van der Waals surface area contributed by atoms with Crippen LogP contribution >= 0.6 is 0 Å². The molecule has 1 aliphatic heterocycles. The van der Waals surface area contributed by atoms with Gasteiger partial charge < -0.3 is 5.11 Å². The molecule has 0 fully saturated rings. The van der Waals surface area contributed by atoms with E-state index in [1.807, 2.05) is 6.92 Å². The van der Waals surface area contributed by atoms with Gasteiger partial charge in [-0.3, -0.25) is 4.90 Å². The number of unbranched alkanes of at least 4 members (excludes halogenated alkanes) is 9. The van der Waals surface area contributed by atoms with Gasteiger partial charge in [0, 0.05) is 13.3 Å². The van der Waals surface area contributed by atoms with Gasteiger partial charge in [-0.1, -0.05) is 95.0 Å². The van der Waals surface area contributed by atoms with E-state index in [0.29, 0.717) is 0 Å². The van der Waals surface area contributed by atoms with E-state index < -0.39 is 0 Å². The predicted molar refractivity (Wildman–Crippen MR) is 115 cm³/mol. The second-order valence-corrected chi connectivity index (χ2v) is 8.08. The van der Waals surface area contributed by atoms with Crippen molar-refractivity contribution in [3.05, 3.63) is 35.9 Å². The van der Waals surface area contributed by atoms with E-state index in [2.05, 4.69) is 46.7 Å². The SMILES string of the molecule is CCCCCCCCCCCCC1=[N+](C(C)O)CCN1Cc1ccccc1. The lowest BCUT2D eigenvalue weighted by Gasteiger charge is -2.15. The van der Waals surface area contributed by atoms with E-state index in [1.54, 1.807) is 0 Å². The molecule has 3 nitrogen and oxygen atoms in total. The number of hydrogen-bond donors (Lipinski definition) is 1. The molecule has 0 saturated carbocycles. The standard InChI is InChI=1S/C24H41N2O/c1-3-4-5-6-7-8-9-10-11-15-18-24-25(19-20-26(24)22(2)27)21-23-16-13-12-14-17-23/h12-14,16-17,22,27H,3-11,15,18-21H2,1-2H3/q+1. The molecule has 1 aromatic carbocycles. The van der Waals surface area contributed by atoms with Crippen molar-refractivity contribution in [1.29, 1.82) is 0 Å². The summed E-state index contributed by atoms with van der Waals surface area (Å²) in [6, 6.07) is 10.7. The Morgan fingerprint density at radius 3 is 2.11 bits per heavy atom. The van der Waals surface area contributed by atoms with Gasteiger partial charge in [0.2, 0.25) is 5.84 Å². The molecule has 3 heteroatoms. The second-order valence-electron chi connectivity index (χ2n) is 8.08. The maximum absolute atomic E-state index is 10.1. The van der Waals surface area contributed by atoms with Crippen LogP contribution in [0.3, 0.4) is 0 Å². The van der Waals surface area contributed by atoms with Crippen LogP contribution in [0.2, 0.25) is 0 Å². The number of rotatable bonds is 14. The first kappa shape index (κ1) is 21.9. The maximum Gasteiger partial charge on any atom is 0.249 e. The number of nitrogens with zero attached hydrogens (tertiary/aromatic N) is 2. The Morgan fingerprint density at radius 1 is 0.926 bits per heavy atom. The molecule has 27 heavy (non-hydrogen) atoms. The number of amidine groups is 1. The van der Waals surface area contributed by atoms with Crippen LogP contribution in [-0.4, -0.2) is 39.7 Å². The first-order valence-corrected chi connectivity index (χ1v) is 11.3. The Morgan fingerprint density at radius 2 is 1.52 bits per heavy atom. The highest BCUT2D eigenvalue weighted by atomic mass is 16.3. The molecule has 0 spiro atoms. The zero-order chi connectivity index (χ0) is 19.3. The molecule has 1 N–H and O–H groups in total. The summed E-state index contributed by atoms with van der Waals surface area (Å²) in [5, 5.41) is 10.1. The molecule has 1 unspecified atom stereocenters. The summed E-state index contributed by atoms with van der Waals surface area (Å²) in [6.45, 7) is 7.09. The van der Waals surface area contributed by atoms with Crippen LogP contribution in [0.25, 0.3) is 0 Å². The molecule has 2 rings (SSSR count). The van der Waals surface area contributed by atoms with Crippen molar-refractivity contribution in [1.82, 2.24) is 4.90 Å². The van der Waals surface area contributed by atoms with Crippen molar-refractivity contribution in [2.24, 2.45) is 0 Å². The maximum atomic E-state index is 10.1. The molecule has 1 aliphatic rings. The van der Waals surface area contributed by atoms with Crippen molar-refractivity contribution in [3.8, 4) is 0 Å². The molecule has 0 aliphatic carbocycles. The Kier molecular flexibility index (Phi) is 10.5. The largest absolute Gasteiger partial charge is 0.356 e. The average molecular weight is 374 g/mol. The van der Waals surface area contributed by atoms with Crippen molar-refractivity contribution in [2.75, 3.05) is 13.1 Å². The Bertz CT molecular complexity index is 539. The molecule has 1 atom stereocenters. The van der Waals surface area contributed by atoms with E-state index in [9.17, 15) is 5.11 Å². The van der Waals surface area contributed by atoms with Crippen LogP contribution in [0, 0.1) is 0 Å². The van der Waals surface area contributed by atoms with Gasteiger partial charge in [0.05, 0.1) is 0 Å². The smallest absolute Gasteiger partial charge is 0.249 e. The van der Waals surface area contributed by atoms with Crippen LogP contribution in [0.1, 0.15) is 90.0 Å². The normalized spacial score (nSPS) is 15.6. The van der Waals surface area contributed by atoms with Crippen molar-refractivity contribution >= 4 is 5.84 Å². The third-order valence-corrected chi connectivity index (χ3v) is 5.73. The molecule has 1 heterocycles. The monoisotopic (exact) mass is 373 g/mol. The number of benzene rings is 1. The molecule has 0 aromatic heterocycles. The fourth-order valence-electron chi connectivity index (χ4n) is 4.12. The minimum atomic E-state index is -0.385. The van der Waals surface area contributed by atoms with Gasteiger partial charge in [0.15, 0.2) is 6.23 Å². The van der Waals surface area contributed by atoms with Crippen LogP contribution in [0.5, 0.6) is 0 Å². The van der Waals surface area contributed by atoms with Gasteiger partial charge in [0.25, 0.3) is 0 Å². The fraction of sp³-hybridized carbons (Fsp3) is 0.708. The van der Waals surface area contributed by atoms with E-state index >= 15 is 0 Å². The van der Waals surface area contributed by atoms with Gasteiger partial charge >= 0.3 is 0 Å². The van der Waals surface area contributed by atoms with Gasteiger partial charge in [-0.2, -0.15) is 0 Å². The first-order valence-electron chi connectivity index (χ1n) is 11.3. The van der Waals surface area contributed by atoms with Gasteiger partial charge in [-0.15, -0.1) is 0 Å². The van der Waals surface area contributed by atoms with Crippen LogP contribution in [-0.2, 0) is 6.54 Å². The Balaban J connectivity index is 1.70. The first-order chi connectivity index (χ1) is 13.2. The third kappa shape index (κ3) is 8.04. The molecular weight excluding hydrogens is 332 g/mol. The van der Waals surface area contributed by atoms with E-state index in [-0.39, 0.29) is 6.23 Å². The molecule has 0 amide bonds. The summed E-state index contributed by atoms with van der Waals surface area (Å²) >= 11 is 0. The Labute approximate surface area is 167 Å². The number of hydrogen-bond acceptors (Lipinski definition) is 2. The highest BCUT2D eigenvalue weighted by Crippen LogP contribution is 2.16. The molecular formula is C24H41N2O+. The van der Waals surface area contributed by atoms with Crippen LogP contribution in [0.15, 0.2) is 30.3 Å². The quantitative estimate of drug-likeness (QED) is 0.341. The minimum Gasteiger partial charge on any atom is -0.356 e. The van der Waals surface area contributed by atoms with Gasteiger partial charge in [-0.25, -0.2) is 4.58 Å². The summed E-state index contributed by atoms with van der Waals surface area (Å²) in [5.74, 6) is 1.34. The second kappa shape index (κ2) is 12.9. The minimum absolute atomic E-state index is 0.385. The summed E-state index contributed by atoms with van der Waals surface area (Å²) < 4.78 is 2.19. The molecule has 1 aromatic rings. The van der Waals surface area contributed by atoms with Crippen LogP contribution < -0.4 is 0 Å². The highest BCUT2D eigenvalue weighted by molar-refractivity contribution is 5.78. The highest BCUT2D eigenvalue weighted by Gasteiger charge is 2.31. The van der Waals surface area contributed by atoms with Crippen molar-refractivity contribution < 1.29 is 9.68 Å². The zero-order valence-corrected chi connectivity index (χ0v) is 17.7. The zero-order valence-electron chi connectivity index (χ0n) is 17.7. The average Bonchev–Trinajstić information content (AvgIpc) is 3.07.